The highest BCUT2D eigenvalue weighted by molar-refractivity contribution is 5.98. The Morgan fingerprint density at radius 3 is 2.50 bits per heavy atom. The number of phenols is 1. The molecule has 0 aliphatic carbocycles. The van der Waals surface area contributed by atoms with Crippen molar-refractivity contribution in [2.45, 2.75) is 6.42 Å². The largest absolute Gasteiger partial charge is 0.507 e. The number of allylic oxidation sites excluding steroid dienone is 1. The Labute approximate surface area is 141 Å². The zero-order chi connectivity index (χ0) is 17.5. The highest BCUT2D eigenvalue weighted by Gasteiger charge is 2.22. The maximum atomic E-state index is 12.1. The van der Waals surface area contributed by atoms with Gasteiger partial charge in [-0.15, -0.1) is 6.58 Å². The molecule has 1 N–H and O–H groups in total. The molecule has 4 heteroatoms. The van der Waals surface area contributed by atoms with Gasteiger partial charge in [0.25, 0.3) is 0 Å². The van der Waals surface area contributed by atoms with Crippen LogP contribution in [-0.2, 0) is 11.2 Å². The molecule has 0 aliphatic rings. The molecule has 0 saturated heterocycles. The van der Waals surface area contributed by atoms with Gasteiger partial charge in [-0.1, -0.05) is 48.6 Å². The summed E-state index contributed by atoms with van der Waals surface area (Å²) in [7, 11) is 2.80. The predicted molar refractivity (Wildman–Crippen MR) is 95.3 cm³/mol. The summed E-state index contributed by atoms with van der Waals surface area (Å²) in [5.74, 6) is -0.255. The van der Waals surface area contributed by atoms with Gasteiger partial charge in [0.15, 0.2) is 0 Å². The van der Waals surface area contributed by atoms with Crippen molar-refractivity contribution in [1.82, 2.24) is 0 Å². The number of hydrogen-bond acceptors (Lipinski definition) is 4. The molecule has 0 atom stereocenters. The van der Waals surface area contributed by atoms with E-state index in [0.29, 0.717) is 23.3 Å². The Balaban J connectivity index is 2.60. The third kappa shape index (κ3) is 3.66. The van der Waals surface area contributed by atoms with E-state index in [-0.39, 0.29) is 11.3 Å². The van der Waals surface area contributed by atoms with E-state index in [1.165, 1.54) is 14.2 Å². The summed E-state index contributed by atoms with van der Waals surface area (Å²) in [5, 5.41) is 10.5. The first-order valence-electron chi connectivity index (χ1n) is 7.47. The molecule has 0 unspecified atom stereocenters. The maximum absolute atomic E-state index is 12.1. The molecule has 124 valence electrons. The Kier molecular flexibility index (Phi) is 5.79. The maximum Gasteiger partial charge on any atom is 0.342 e. The van der Waals surface area contributed by atoms with Gasteiger partial charge in [0.2, 0.25) is 0 Å². The number of aromatic hydroxyl groups is 1. The van der Waals surface area contributed by atoms with Crippen molar-refractivity contribution in [2.75, 3.05) is 14.2 Å². The van der Waals surface area contributed by atoms with E-state index in [1.54, 1.807) is 18.2 Å². The van der Waals surface area contributed by atoms with E-state index in [0.717, 1.165) is 5.56 Å². The molecular weight excluding hydrogens is 304 g/mol. The lowest BCUT2D eigenvalue weighted by molar-refractivity contribution is 0.0597. The van der Waals surface area contributed by atoms with Crippen molar-refractivity contribution in [1.29, 1.82) is 0 Å². The Morgan fingerprint density at radius 1 is 1.21 bits per heavy atom. The number of carbonyl (C=O) groups excluding carboxylic acids is 1. The molecule has 0 aliphatic heterocycles. The fraction of sp³-hybridized carbons (Fsp3) is 0.150. The van der Waals surface area contributed by atoms with Gasteiger partial charge in [0.1, 0.15) is 17.1 Å². The van der Waals surface area contributed by atoms with Gasteiger partial charge >= 0.3 is 5.97 Å². The average molecular weight is 324 g/mol. The first kappa shape index (κ1) is 17.3. The van der Waals surface area contributed by atoms with Gasteiger partial charge in [-0.05, 0) is 23.6 Å². The zero-order valence-corrected chi connectivity index (χ0v) is 13.8. The molecule has 0 heterocycles. The minimum atomic E-state index is -0.604. The fourth-order valence-corrected chi connectivity index (χ4v) is 2.43. The molecule has 4 nitrogen and oxygen atoms in total. The number of phenolic OH excluding ortho intramolecular Hbond substituents is 1. The van der Waals surface area contributed by atoms with Crippen LogP contribution in [0.3, 0.4) is 0 Å². The van der Waals surface area contributed by atoms with E-state index in [9.17, 15) is 9.90 Å². The summed E-state index contributed by atoms with van der Waals surface area (Å²) in [6, 6.07) is 11.4. The minimum absolute atomic E-state index is 0.113. The van der Waals surface area contributed by atoms with Crippen LogP contribution in [0.4, 0.5) is 0 Å². The number of methoxy groups -OCH3 is 2. The molecule has 24 heavy (non-hydrogen) atoms. The first-order chi connectivity index (χ1) is 11.6. The monoisotopic (exact) mass is 324 g/mol. The lowest BCUT2D eigenvalue weighted by atomic mass is 9.98. The average Bonchev–Trinajstić information content (AvgIpc) is 2.62. The van der Waals surface area contributed by atoms with Crippen molar-refractivity contribution in [3.05, 3.63) is 71.3 Å². The van der Waals surface area contributed by atoms with Crippen LogP contribution in [0.25, 0.3) is 12.2 Å². The second-order valence-electron chi connectivity index (χ2n) is 5.10. The molecule has 2 aromatic carbocycles. The van der Waals surface area contributed by atoms with Crippen molar-refractivity contribution >= 4 is 18.1 Å². The lowest BCUT2D eigenvalue weighted by Gasteiger charge is -2.15. The van der Waals surface area contributed by atoms with Gasteiger partial charge in [0.05, 0.1) is 14.2 Å². The second kappa shape index (κ2) is 8.02. The van der Waals surface area contributed by atoms with Crippen molar-refractivity contribution in [2.24, 2.45) is 0 Å². The topological polar surface area (TPSA) is 55.8 Å². The van der Waals surface area contributed by atoms with Gasteiger partial charge < -0.3 is 14.6 Å². The summed E-state index contributed by atoms with van der Waals surface area (Å²) < 4.78 is 10.2. The number of carbonyl (C=O) groups is 1. The van der Waals surface area contributed by atoms with Gasteiger partial charge in [-0.2, -0.15) is 0 Å². The molecule has 0 aromatic heterocycles. The van der Waals surface area contributed by atoms with E-state index in [1.807, 2.05) is 36.4 Å². The van der Waals surface area contributed by atoms with Crippen LogP contribution < -0.4 is 4.74 Å². The van der Waals surface area contributed by atoms with E-state index in [4.69, 9.17) is 9.47 Å². The third-order valence-electron chi connectivity index (χ3n) is 3.61. The zero-order valence-electron chi connectivity index (χ0n) is 13.8. The summed E-state index contributed by atoms with van der Waals surface area (Å²) >= 11 is 0. The molecule has 0 amide bonds. The Hall–Kier alpha value is -3.01. The number of benzene rings is 2. The smallest absolute Gasteiger partial charge is 0.342 e. The van der Waals surface area contributed by atoms with Gasteiger partial charge in [-0.3, -0.25) is 0 Å². The highest BCUT2D eigenvalue weighted by Crippen LogP contribution is 2.36. The standard InChI is InChI=1S/C20H20O4/c1-4-8-16-17(23-2)13-15(18(19(16)21)20(22)24-3)12-11-14-9-6-5-7-10-14/h4-7,9-13,21H,1,8H2,2-3H3. The van der Waals surface area contributed by atoms with Crippen LogP contribution in [0.15, 0.2) is 49.1 Å². The molecule has 0 spiro atoms. The van der Waals surface area contributed by atoms with Gasteiger partial charge in [-0.25, -0.2) is 4.79 Å². The molecule has 0 radical (unpaired) electrons. The lowest BCUT2D eigenvalue weighted by Crippen LogP contribution is -2.07. The van der Waals surface area contributed by atoms with Crippen LogP contribution in [0.1, 0.15) is 27.0 Å². The minimum Gasteiger partial charge on any atom is -0.507 e. The fourth-order valence-electron chi connectivity index (χ4n) is 2.43. The predicted octanol–water partition coefficient (Wildman–Crippen LogP) is 4.09. The van der Waals surface area contributed by atoms with Crippen molar-refractivity contribution in [3.8, 4) is 11.5 Å². The van der Waals surface area contributed by atoms with E-state index >= 15 is 0 Å². The first-order valence-corrected chi connectivity index (χ1v) is 7.47. The van der Waals surface area contributed by atoms with Crippen LogP contribution in [0, 0.1) is 0 Å². The molecule has 2 aromatic rings. The summed E-state index contributed by atoms with van der Waals surface area (Å²) in [6.45, 7) is 3.67. The molecule has 0 saturated carbocycles. The quantitative estimate of drug-likeness (QED) is 0.494. The van der Waals surface area contributed by atoms with Crippen LogP contribution in [-0.4, -0.2) is 25.3 Å². The number of hydrogen-bond donors (Lipinski definition) is 1. The van der Waals surface area contributed by atoms with Gasteiger partial charge in [0, 0.05) is 5.56 Å². The second-order valence-corrected chi connectivity index (χ2v) is 5.10. The highest BCUT2D eigenvalue weighted by atomic mass is 16.5. The van der Waals surface area contributed by atoms with Crippen LogP contribution >= 0.6 is 0 Å². The number of esters is 1. The summed E-state index contributed by atoms with van der Waals surface area (Å²) in [4.78, 5) is 12.1. The molecule has 0 bridgehead atoms. The SMILES string of the molecule is C=CCc1c(OC)cc(C=Cc2ccccc2)c(C(=O)OC)c1O. The molecule has 2 rings (SSSR count). The summed E-state index contributed by atoms with van der Waals surface area (Å²) in [5.41, 5.74) is 2.11. The van der Waals surface area contributed by atoms with E-state index in [2.05, 4.69) is 6.58 Å². The Bertz CT molecular complexity index is 761. The Morgan fingerprint density at radius 2 is 1.92 bits per heavy atom. The van der Waals surface area contributed by atoms with E-state index < -0.39 is 5.97 Å². The van der Waals surface area contributed by atoms with Crippen LogP contribution in [0.2, 0.25) is 0 Å². The molecule has 0 fully saturated rings. The van der Waals surface area contributed by atoms with Crippen molar-refractivity contribution in [3.63, 3.8) is 0 Å². The third-order valence-corrected chi connectivity index (χ3v) is 3.61. The van der Waals surface area contributed by atoms with Crippen molar-refractivity contribution < 1.29 is 19.4 Å². The number of rotatable bonds is 6. The normalized spacial score (nSPS) is 10.6. The molecular formula is C20H20O4. The number of ether oxygens (including phenoxy) is 2. The summed E-state index contributed by atoms with van der Waals surface area (Å²) in [6.07, 6.45) is 5.62. The van der Waals surface area contributed by atoms with Crippen LogP contribution in [0.5, 0.6) is 11.5 Å².